The fourth-order valence-corrected chi connectivity index (χ4v) is 2.98. The first kappa shape index (κ1) is 14.8. The van der Waals surface area contributed by atoms with Crippen molar-refractivity contribution in [2.24, 2.45) is 0 Å². The zero-order chi connectivity index (χ0) is 15.2. The van der Waals surface area contributed by atoms with Crippen molar-refractivity contribution in [2.75, 3.05) is 5.75 Å². The number of halogens is 1. The van der Waals surface area contributed by atoms with E-state index in [0.29, 0.717) is 0 Å². The summed E-state index contributed by atoms with van der Waals surface area (Å²) in [5.74, 6) is 1.54. The Labute approximate surface area is 137 Å². The van der Waals surface area contributed by atoms with Crippen LogP contribution in [0.15, 0.2) is 71.6 Å². The molecule has 0 saturated heterocycles. The maximum Gasteiger partial charge on any atom is 0.196 e. The maximum atomic E-state index is 5.58. The van der Waals surface area contributed by atoms with Crippen molar-refractivity contribution in [3.63, 3.8) is 0 Å². The van der Waals surface area contributed by atoms with Crippen molar-refractivity contribution in [1.29, 1.82) is 0 Å². The first-order valence-electron chi connectivity index (χ1n) is 6.69. The van der Waals surface area contributed by atoms with Gasteiger partial charge < -0.3 is 0 Å². The van der Waals surface area contributed by atoms with E-state index in [1.807, 2.05) is 53.1 Å². The average molecular weight is 329 g/mol. The van der Waals surface area contributed by atoms with E-state index in [2.05, 4.69) is 15.2 Å². The summed E-state index contributed by atoms with van der Waals surface area (Å²) in [5, 5.41) is 9.49. The van der Waals surface area contributed by atoms with Gasteiger partial charge in [-0.3, -0.25) is 9.55 Å². The molecule has 0 aliphatic heterocycles. The average Bonchev–Trinajstić information content (AvgIpc) is 3.01. The molecule has 0 radical (unpaired) electrons. The predicted molar refractivity (Wildman–Crippen MR) is 90.3 cm³/mol. The summed E-state index contributed by atoms with van der Waals surface area (Å²) in [5.41, 5.74) is 3.52. The Morgan fingerprint density at radius 3 is 2.55 bits per heavy atom. The normalized spacial score (nSPS) is 11.1. The van der Waals surface area contributed by atoms with E-state index in [-0.39, 0.29) is 0 Å². The molecule has 0 amide bonds. The third kappa shape index (κ3) is 3.21. The van der Waals surface area contributed by atoms with Crippen molar-refractivity contribution in [3.8, 4) is 17.1 Å². The molecule has 0 bridgehead atoms. The summed E-state index contributed by atoms with van der Waals surface area (Å²) < 4.78 is 2.04. The molecule has 0 atom stereocenters. The van der Waals surface area contributed by atoms with Gasteiger partial charge >= 0.3 is 0 Å². The molecular formula is C16H13ClN4S. The van der Waals surface area contributed by atoms with Gasteiger partial charge in [0.05, 0.1) is 0 Å². The lowest BCUT2D eigenvalue weighted by atomic mass is 10.2. The lowest BCUT2D eigenvalue weighted by Gasteiger charge is -2.09. The number of benzene rings is 1. The SMILES string of the molecule is Cl/C=C/CSc1nnc(-c2ccncc2)n1-c1ccccc1. The van der Waals surface area contributed by atoms with Crippen molar-refractivity contribution >= 4 is 23.4 Å². The lowest BCUT2D eigenvalue weighted by Crippen LogP contribution is -1.99. The number of thioether (sulfide) groups is 1. The number of rotatable bonds is 5. The molecule has 0 N–H and O–H groups in total. The van der Waals surface area contributed by atoms with Gasteiger partial charge in [0, 0.05) is 34.9 Å². The Morgan fingerprint density at radius 1 is 1.05 bits per heavy atom. The van der Waals surface area contributed by atoms with E-state index in [4.69, 9.17) is 11.6 Å². The van der Waals surface area contributed by atoms with Gasteiger partial charge in [-0.2, -0.15) is 0 Å². The quantitative estimate of drug-likeness (QED) is 0.659. The van der Waals surface area contributed by atoms with Crippen LogP contribution in [0.5, 0.6) is 0 Å². The summed E-state index contributed by atoms with van der Waals surface area (Å²) in [6, 6.07) is 13.9. The molecule has 0 fully saturated rings. The highest BCUT2D eigenvalue weighted by atomic mass is 35.5. The van der Waals surface area contributed by atoms with Crippen LogP contribution in [-0.2, 0) is 0 Å². The Balaban J connectivity index is 2.07. The number of nitrogens with zero attached hydrogens (tertiary/aromatic N) is 4. The third-order valence-electron chi connectivity index (χ3n) is 2.98. The van der Waals surface area contributed by atoms with Crippen LogP contribution < -0.4 is 0 Å². The Morgan fingerprint density at radius 2 is 1.82 bits per heavy atom. The van der Waals surface area contributed by atoms with E-state index >= 15 is 0 Å². The largest absolute Gasteiger partial charge is 0.270 e. The molecule has 6 heteroatoms. The number of hydrogen-bond donors (Lipinski definition) is 0. The van der Waals surface area contributed by atoms with E-state index < -0.39 is 0 Å². The molecular weight excluding hydrogens is 316 g/mol. The number of aromatic nitrogens is 4. The van der Waals surface area contributed by atoms with Crippen molar-refractivity contribution in [1.82, 2.24) is 19.7 Å². The lowest BCUT2D eigenvalue weighted by molar-refractivity contribution is 0.887. The number of pyridine rings is 1. The Kier molecular flexibility index (Phi) is 4.88. The van der Waals surface area contributed by atoms with E-state index in [0.717, 1.165) is 28.0 Å². The minimum atomic E-state index is 0.741. The fraction of sp³-hybridized carbons (Fsp3) is 0.0625. The highest BCUT2D eigenvalue weighted by molar-refractivity contribution is 7.99. The monoisotopic (exact) mass is 328 g/mol. The van der Waals surface area contributed by atoms with Crippen LogP contribution in [0.25, 0.3) is 17.1 Å². The molecule has 0 aliphatic rings. The zero-order valence-electron chi connectivity index (χ0n) is 11.6. The van der Waals surface area contributed by atoms with Gasteiger partial charge in [0.15, 0.2) is 11.0 Å². The second-order valence-corrected chi connectivity index (χ2v) is 5.62. The van der Waals surface area contributed by atoms with Gasteiger partial charge in [-0.1, -0.05) is 47.6 Å². The highest BCUT2D eigenvalue weighted by Crippen LogP contribution is 2.27. The first-order valence-corrected chi connectivity index (χ1v) is 8.11. The van der Waals surface area contributed by atoms with Crippen LogP contribution in [0.1, 0.15) is 0 Å². The Bertz CT molecular complexity index is 756. The van der Waals surface area contributed by atoms with Crippen molar-refractivity contribution in [2.45, 2.75) is 5.16 Å². The number of hydrogen-bond acceptors (Lipinski definition) is 4. The summed E-state index contributed by atoms with van der Waals surface area (Å²) in [6.45, 7) is 0. The third-order valence-corrected chi connectivity index (χ3v) is 4.04. The van der Waals surface area contributed by atoms with E-state index in [1.54, 1.807) is 24.2 Å². The molecule has 1 aromatic carbocycles. The molecule has 2 aromatic heterocycles. The van der Waals surface area contributed by atoms with Crippen LogP contribution in [0, 0.1) is 0 Å². The molecule has 3 aromatic rings. The second kappa shape index (κ2) is 7.24. The molecule has 0 spiro atoms. The summed E-state index contributed by atoms with van der Waals surface area (Å²) in [7, 11) is 0. The predicted octanol–water partition coefficient (Wildman–Crippen LogP) is 4.17. The Hall–Kier alpha value is -2.11. The van der Waals surface area contributed by atoms with Gasteiger partial charge in [-0.25, -0.2) is 0 Å². The molecule has 4 nitrogen and oxygen atoms in total. The summed E-state index contributed by atoms with van der Waals surface area (Å²) in [6.07, 6.45) is 5.38. The van der Waals surface area contributed by atoms with Crippen molar-refractivity contribution in [3.05, 3.63) is 66.5 Å². The van der Waals surface area contributed by atoms with Crippen LogP contribution in [-0.4, -0.2) is 25.5 Å². The first-order chi connectivity index (χ1) is 10.9. The topological polar surface area (TPSA) is 43.6 Å². The van der Waals surface area contributed by atoms with Crippen LogP contribution in [0.4, 0.5) is 0 Å². The van der Waals surface area contributed by atoms with Crippen LogP contribution in [0.3, 0.4) is 0 Å². The minimum Gasteiger partial charge on any atom is -0.270 e. The number of para-hydroxylation sites is 1. The van der Waals surface area contributed by atoms with Crippen molar-refractivity contribution < 1.29 is 0 Å². The summed E-state index contributed by atoms with van der Waals surface area (Å²) in [4.78, 5) is 4.05. The fourth-order valence-electron chi connectivity index (χ4n) is 2.02. The second-order valence-electron chi connectivity index (χ2n) is 4.39. The molecule has 110 valence electrons. The van der Waals surface area contributed by atoms with Crippen LogP contribution >= 0.6 is 23.4 Å². The smallest absolute Gasteiger partial charge is 0.196 e. The maximum absolute atomic E-state index is 5.58. The molecule has 0 unspecified atom stereocenters. The van der Waals surface area contributed by atoms with E-state index in [1.165, 1.54) is 5.54 Å². The molecule has 22 heavy (non-hydrogen) atoms. The summed E-state index contributed by atoms with van der Waals surface area (Å²) >= 11 is 7.17. The van der Waals surface area contributed by atoms with Crippen LogP contribution in [0.2, 0.25) is 0 Å². The van der Waals surface area contributed by atoms with E-state index in [9.17, 15) is 0 Å². The zero-order valence-corrected chi connectivity index (χ0v) is 13.2. The minimum absolute atomic E-state index is 0.741. The molecule has 0 aliphatic carbocycles. The van der Waals surface area contributed by atoms with Gasteiger partial charge in [0.2, 0.25) is 0 Å². The van der Waals surface area contributed by atoms with Gasteiger partial charge in [-0.05, 0) is 24.3 Å². The highest BCUT2D eigenvalue weighted by Gasteiger charge is 2.15. The van der Waals surface area contributed by atoms with Gasteiger partial charge in [0.1, 0.15) is 0 Å². The molecule has 2 heterocycles. The van der Waals surface area contributed by atoms with Gasteiger partial charge in [0.25, 0.3) is 0 Å². The molecule has 3 rings (SSSR count). The standard InChI is InChI=1S/C16H13ClN4S/c17-9-4-12-22-16-20-19-15(13-7-10-18-11-8-13)21(16)14-5-2-1-3-6-14/h1-11H,12H2/b9-4+. The van der Waals surface area contributed by atoms with Gasteiger partial charge in [-0.15, -0.1) is 10.2 Å². The molecule has 0 saturated carbocycles.